The summed E-state index contributed by atoms with van der Waals surface area (Å²) in [7, 11) is 0. The van der Waals surface area contributed by atoms with E-state index >= 15 is 0 Å². The number of likely N-dealkylation sites (tertiary alicyclic amines) is 1. The van der Waals surface area contributed by atoms with E-state index in [2.05, 4.69) is 33.9 Å². The predicted octanol–water partition coefficient (Wildman–Crippen LogP) is 5.47. The number of ether oxygens (including phenoxy) is 1. The van der Waals surface area contributed by atoms with Crippen LogP contribution >= 0.6 is 11.8 Å². The fourth-order valence-corrected chi connectivity index (χ4v) is 9.86. The zero-order valence-electron chi connectivity index (χ0n) is 25.9. The second kappa shape index (κ2) is 13.4. The van der Waals surface area contributed by atoms with Crippen LogP contribution in [0.4, 0.5) is 5.69 Å². The highest BCUT2D eigenvalue weighted by atomic mass is 32.2. The number of unbranched alkanes of at least 4 members (excludes halogenated alkanes) is 2. The summed E-state index contributed by atoms with van der Waals surface area (Å²) in [5, 5.41) is 10.5. The largest absolute Gasteiger partial charge is 0.465 e. The first-order valence-electron chi connectivity index (χ1n) is 15.4. The van der Waals surface area contributed by atoms with Gasteiger partial charge >= 0.3 is 5.97 Å². The van der Waals surface area contributed by atoms with Crippen molar-refractivity contribution in [2.45, 2.75) is 88.8 Å². The van der Waals surface area contributed by atoms with Crippen LogP contribution in [0.25, 0.3) is 0 Å². The summed E-state index contributed by atoms with van der Waals surface area (Å²) in [4.78, 5) is 46.5. The molecule has 0 aromatic heterocycles. The van der Waals surface area contributed by atoms with E-state index in [0.717, 1.165) is 42.5 Å². The molecule has 0 aliphatic carbocycles. The molecule has 1 spiro atoms. The number of amides is 2. The fraction of sp³-hybridized carbons (Fsp3) is 0.618. The van der Waals surface area contributed by atoms with Crippen molar-refractivity contribution in [3.8, 4) is 0 Å². The van der Waals surface area contributed by atoms with Crippen LogP contribution in [-0.2, 0) is 19.1 Å². The predicted molar refractivity (Wildman–Crippen MR) is 169 cm³/mol. The SMILES string of the molecule is C=CCCCCOC(=O)[C@@H]1[C@H]2C(=O)N([C@@H](CO)CC(C)C)C(C(=O)N(CC=C)c3cc(C)ccc3C)C23S[C@@H]1CC3C. The van der Waals surface area contributed by atoms with E-state index < -0.39 is 28.7 Å². The minimum atomic E-state index is -0.818. The van der Waals surface area contributed by atoms with Crippen molar-refractivity contribution in [1.82, 2.24) is 4.90 Å². The number of anilines is 1. The first-order valence-corrected chi connectivity index (χ1v) is 16.3. The molecule has 3 aliphatic heterocycles. The van der Waals surface area contributed by atoms with Crippen LogP contribution < -0.4 is 4.90 Å². The van der Waals surface area contributed by atoms with E-state index in [0.29, 0.717) is 13.0 Å². The second-order valence-corrected chi connectivity index (χ2v) is 14.3. The second-order valence-electron chi connectivity index (χ2n) is 12.7. The van der Waals surface area contributed by atoms with Crippen LogP contribution in [0.5, 0.6) is 0 Å². The van der Waals surface area contributed by atoms with E-state index in [4.69, 9.17) is 4.74 Å². The van der Waals surface area contributed by atoms with Gasteiger partial charge < -0.3 is 19.6 Å². The molecule has 3 aliphatic rings. The number of hydrogen-bond donors (Lipinski definition) is 1. The molecule has 1 aromatic carbocycles. The van der Waals surface area contributed by atoms with Gasteiger partial charge in [-0.25, -0.2) is 0 Å². The quantitative estimate of drug-likeness (QED) is 0.174. The summed E-state index contributed by atoms with van der Waals surface area (Å²) < 4.78 is 4.98. The van der Waals surface area contributed by atoms with Crippen LogP contribution in [0.1, 0.15) is 64.0 Å². The summed E-state index contributed by atoms with van der Waals surface area (Å²) in [5.74, 6) is -1.78. The number of aryl methyl sites for hydroxylation is 2. The van der Waals surface area contributed by atoms with Crippen molar-refractivity contribution in [2.75, 3.05) is 24.7 Å². The fourth-order valence-electron chi connectivity index (χ4n) is 7.47. The monoisotopic (exact) mass is 596 g/mol. The molecule has 2 amide bonds. The maximum atomic E-state index is 14.9. The van der Waals surface area contributed by atoms with E-state index in [1.165, 1.54) is 0 Å². The van der Waals surface area contributed by atoms with Gasteiger partial charge in [-0.3, -0.25) is 14.4 Å². The lowest BCUT2D eigenvalue weighted by atomic mass is 9.66. The molecule has 2 bridgehead atoms. The molecule has 3 heterocycles. The number of rotatable bonds is 14. The van der Waals surface area contributed by atoms with Gasteiger partial charge in [0.2, 0.25) is 5.91 Å². The number of aliphatic hydroxyl groups is 1. The molecular weight excluding hydrogens is 548 g/mol. The van der Waals surface area contributed by atoms with Crippen LogP contribution in [0.2, 0.25) is 0 Å². The van der Waals surface area contributed by atoms with Crippen molar-refractivity contribution < 1.29 is 24.2 Å². The number of esters is 1. The number of aliphatic hydroxyl groups excluding tert-OH is 1. The summed E-state index contributed by atoms with van der Waals surface area (Å²) in [6, 6.07) is 4.67. The Balaban J connectivity index is 1.79. The number of allylic oxidation sites excluding steroid dienone is 1. The normalized spacial score (nSPS) is 28.6. The van der Waals surface area contributed by atoms with Crippen molar-refractivity contribution in [1.29, 1.82) is 0 Å². The maximum Gasteiger partial charge on any atom is 0.310 e. The van der Waals surface area contributed by atoms with Gasteiger partial charge in [0.1, 0.15) is 6.04 Å². The molecule has 3 unspecified atom stereocenters. The molecule has 3 fully saturated rings. The van der Waals surface area contributed by atoms with Crippen LogP contribution in [0, 0.1) is 37.5 Å². The molecule has 7 atom stereocenters. The van der Waals surface area contributed by atoms with Gasteiger partial charge in [-0.1, -0.05) is 45.1 Å². The topological polar surface area (TPSA) is 87.1 Å². The van der Waals surface area contributed by atoms with Gasteiger partial charge in [-0.05, 0) is 75.0 Å². The molecule has 42 heavy (non-hydrogen) atoms. The molecule has 3 saturated heterocycles. The van der Waals surface area contributed by atoms with Gasteiger partial charge in [0.15, 0.2) is 0 Å². The lowest BCUT2D eigenvalue weighted by Crippen LogP contribution is -2.59. The standard InChI is InChI=1S/C34H48N2O5S/c1-8-10-11-12-16-41-33(40)28-27-19-24(7)34(42-27)29(28)31(38)36(25(20-37)17-21(3)4)30(34)32(39)35(15-9-2)26-18-22(5)13-14-23(26)6/h8-9,13-14,18,21,24-25,27-30,37H,1-2,10-12,15-17,19-20H2,3-7H3/t24?,25-,27-,28+,29+,30?,34?/m1/s1. The molecule has 0 saturated carbocycles. The van der Waals surface area contributed by atoms with Crippen LogP contribution in [0.3, 0.4) is 0 Å². The molecule has 1 aromatic rings. The van der Waals surface area contributed by atoms with Gasteiger partial charge in [0, 0.05) is 17.5 Å². The number of thioether (sulfide) groups is 1. The van der Waals surface area contributed by atoms with Gasteiger partial charge in [-0.2, -0.15) is 0 Å². The number of fused-ring (bicyclic) bond motifs is 1. The van der Waals surface area contributed by atoms with Crippen LogP contribution in [-0.4, -0.2) is 69.6 Å². The lowest BCUT2D eigenvalue weighted by Gasteiger charge is -2.42. The number of carbonyl (C=O) groups excluding carboxylic acids is 3. The molecule has 0 radical (unpaired) electrons. The third kappa shape index (κ3) is 5.69. The Morgan fingerprint density at radius 2 is 1.98 bits per heavy atom. The minimum Gasteiger partial charge on any atom is -0.465 e. The highest BCUT2D eigenvalue weighted by Crippen LogP contribution is 2.69. The molecule has 1 N–H and O–H groups in total. The Bertz CT molecular complexity index is 1200. The van der Waals surface area contributed by atoms with E-state index in [9.17, 15) is 19.5 Å². The molecule has 230 valence electrons. The Morgan fingerprint density at radius 3 is 2.62 bits per heavy atom. The van der Waals surface area contributed by atoms with Crippen LogP contribution in [0.15, 0.2) is 43.5 Å². The van der Waals surface area contributed by atoms with Crippen molar-refractivity contribution in [2.24, 2.45) is 23.7 Å². The summed E-state index contributed by atoms with van der Waals surface area (Å²) in [5.41, 5.74) is 2.77. The summed E-state index contributed by atoms with van der Waals surface area (Å²) >= 11 is 1.64. The van der Waals surface area contributed by atoms with E-state index in [-0.39, 0.29) is 48.0 Å². The molecule has 4 rings (SSSR count). The Morgan fingerprint density at radius 1 is 1.24 bits per heavy atom. The average Bonchev–Trinajstić information content (AvgIpc) is 3.54. The zero-order chi connectivity index (χ0) is 30.8. The minimum absolute atomic E-state index is 0.0274. The first-order chi connectivity index (χ1) is 20.0. The van der Waals surface area contributed by atoms with Crippen molar-refractivity contribution in [3.63, 3.8) is 0 Å². The van der Waals surface area contributed by atoms with Gasteiger partial charge in [-0.15, -0.1) is 24.9 Å². The molecular formula is C34H48N2O5S. The third-order valence-electron chi connectivity index (χ3n) is 9.32. The van der Waals surface area contributed by atoms with Gasteiger partial charge in [0.25, 0.3) is 5.91 Å². The zero-order valence-corrected chi connectivity index (χ0v) is 26.7. The highest BCUT2D eigenvalue weighted by molar-refractivity contribution is 8.02. The number of carbonyl (C=O) groups is 3. The Hall–Kier alpha value is -2.58. The highest BCUT2D eigenvalue weighted by Gasteiger charge is 2.77. The van der Waals surface area contributed by atoms with E-state index in [1.54, 1.807) is 27.6 Å². The van der Waals surface area contributed by atoms with E-state index in [1.807, 2.05) is 38.1 Å². The maximum absolute atomic E-state index is 14.9. The Kier molecular flexibility index (Phi) is 10.3. The first kappa shape index (κ1) is 32.3. The number of nitrogens with zero attached hydrogens (tertiary/aromatic N) is 2. The molecule has 8 heteroatoms. The summed E-state index contributed by atoms with van der Waals surface area (Å²) in [6.45, 7) is 18.2. The smallest absolute Gasteiger partial charge is 0.310 e. The van der Waals surface area contributed by atoms with Gasteiger partial charge in [0.05, 0.1) is 35.8 Å². The average molecular weight is 597 g/mol. The van der Waals surface area contributed by atoms with Crippen molar-refractivity contribution >= 4 is 35.2 Å². The van der Waals surface area contributed by atoms with Crippen molar-refractivity contribution in [3.05, 3.63) is 54.6 Å². The number of benzene rings is 1. The third-order valence-corrected chi connectivity index (χ3v) is 11.4. The summed E-state index contributed by atoms with van der Waals surface area (Å²) in [6.07, 6.45) is 7.34. The Labute approximate surface area is 255 Å². The number of hydrogen-bond acceptors (Lipinski definition) is 6. The lowest BCUT2D eigenvalue weighted by molar-refractivity contribution is -0.155. The molecule has 7 nitrogen and oxygen atoms in total.